The summed E-state index contributed by atoms with van der Waals surface area (Å²) in [5, 5.41) is 3.48. The summed E-state index contributed by atoms with van der Waals surface area (Å²) < 4.78 is 6.01. The molecule has 5 heteroatoms. The maximum absolute atomic E-state index is 12.2. The number of nitrogens with zero attached hydrogens (tertiary/aromatic N) is 1. The lowest BCUT2D eigenvalue weighted by molar-refractivity contribution is 0.102. The van der Waals surface area contributed by atoms with E-state index in [9.17, 15) is 4.79 Å². The fourth-order valence-corrected chi connectivity index (χ4v) is 2.84. The van der Waals surface area contributed by atoms with Crippen LogP contribution in [0.15, 0.2) is 48.5 Å². The summed E-state index contributed by atoms with van der Waals surface area (Å²) in [6.07, 6.45) is 2.37. The first-order valence-corrected chi connectivity index (χ1v) is 8.50. The standard InChI is InChI=1S/C19H21ClN2O2/c1-22-12-10-18(11-13-22)24-17-8-6-16(7-9-17)21-19(23)14-2-4-15(20)5-3-14/h2-9,18H,10-13H2,1H3,(H,21,23). The van der Waals surface area contributed by atoms with Gasteiger partial charge < -0.3 is 15.0 Å². The third-order valence-electron chi connectivity index (χ3n) is 4.19. The molecule has 3 rings (SSSR count). The van der Waals surface area contributed by atoms with Gasteiger partial charge in [-0.25, -0.2) is 0 Å². The van der Waals surface area contributed by atoms with Crippen molar-refractivity contribution in [1.29, 1.82) is 0 Å². The third kappa shape index (κ3) is 4.49. The molecule has 0 unspecified atom stereocenters. The van der Waals surface area contributed by atoms with Gasteiger partial charge in [0.15, 0.2) is 0 Å². The highest BCUT2D eigenvalue weighted by Crippen LogP contribution is 2.21. The number of ether oxygens (including phenoxy) is 1. The van der Waals surface area contributed by atoms with Crippen molar-refractivity contribution in [3.05, 3.63) is 59.1 Å². The normalized spacial score (nSPS) is 15.9. The molecule has 0 saturated carbocycles. The number of piperidine rings is 1. The molecule has 2 aromatic carbocycles. The van der Waals surface area contributed by atoms with E-state index in [4.69, 9.17) is 16.3 Å². The first-order valence-electron chi connectivity index (χ1n) is 8.12. The summed E-state index contributed by atoms with van der Waals surface area (Å²) in [6, 6.07) is 14.3. The van der Waals surface area contributed by atoms with E-state index in [-0.39, 0.29) is 12.0 Å². The van der Waals surface area contributed by atoms with Crippen molar-refractivity contribution in [2.24, 2.45) is 0 Å². The molecule has 1 aliphatic heterocycles. The van der Waals surface area contributed by atoms with Crippen LogP contribution in [0.4, 0.5) is 5.69 Å². The largest absolute Gasteiger partial charge is 0.490 e. The predicted octanol–water partition coefficient (Wildman–Crippen LogP) is 4.07. The Morgan fingerprint density at radius 2 is 1.71 bits per heavy atom. The van der Waals surface area contributed by atoms with Gasteiger partial charge in [0.05, 0.1) is 0 Å². The lowest BCUT2D eigenvalue weighted by Gasteiger charge is -2.29. The van der Waals surface area contributed by atoms with Crippen LogP contribution in [0, 0.1) is 0 Å². The molecule has 24 heavy (non-hydrogen) atoms. The fourth-order valence-electron chi connectivity index (χ4n) is 2.72. The first-order chi connectivity index (χ1) is 11.6. The molecule has 1 saturated heterocycles. The van der Waals surface area contributed by atoms with E-state index in [1.54, 1.807) is 24.3 Å². The molecule has 1 N–H and O–H groups in total. The molecule has 0 spiro atoms. The summed E-state index contributed by atoms with van der Waals surface area (Å²) in [4.78, 5) is 14.5. The molecule has 1 heterocycles. The number of likely N-dealkylation sites (tertiary alicyclic amines) is 1. The Morgan fingerprint density at radius 3 is 2.33 bits per heavy atom. The Bertz CT molecular complexity index is 678. The van der Waals surface area contributed by atoms with Crippen molar-refractivity contribution < 1.29 is 9.53 Å². The van der Waals surface area contributed by atoms with Gasteiger partial charge in [-0.1, -0.05) is 11.6 Å². The number of benzene rings is 2. The van der Waals surface area contributed by atoms with E-state index in [2.05, 4.69) is 17.3 Å². The number of carbonyl (C=O) groups excluding carboxylic acids is 1. The third-order valence-corrected chi connectivity index (χ3v) is 4.44. The van der Waals surface area contributed by atoms with Gasteiger partial charge in [0.1, 0.15) is 11.9 Å². The number of rotatable bonds is 4. The maximum atomic E-state index is 12.2. The minimum Gasteiger partial charge on any atom is -0.490 e. The quantitative estimate of drug-likeness (QED) is 0.909. The van der Waals surface area contributed by atoms with Gasteiger partial charge >= 0.3 is 0 Å². The molecule has 4 nitrogen and oxygen atoms in total. The van der Waals surface area contributed by atoms with E-state index >= 15 is 0 Å². The average molecular weight is 345 g/mol. The topological polar surface area (TPSA) is 41.6 Å². The van der Waals surface area contributed by atoms with Crippen LogP contribution in [0.25, 0.3) is 0 Å². The summed E-state index contributed by atoms with van der Waals surface area (Å²) in [5.74, 6) is 0.685. The van der Waals surface area contributed by atoms with Crippen molar-refractivity contribution in [1.82, 2.24) is 4.90 Å². The lowest BCUT2D eigenvalue weighted by Crippen LogP contribution is -2.35. The van der Waals surface area contributed by atoms with Crippen LogP contribution in [-0.2, 0) is 0 Å². The van der Waals surface area contributed by atoms with Crippen LogP contribution in [0.5, 0.6) is 5.75 Å². The van der Waals surface area contributed by atoms with Crippen LogP contribution >= 0.6 is 11.6 Å². The molecule has 2 aromatic rings. The molecule has 0 aliphatic carbocycles. The number of carbonyl (C=O) groups is 1. The van der Waals surface area contributed by atoms with Gasteiger partial charge in [-0.05, 0) is 68.4 Å². The second-order valence-corrected chi connectivity index (χ2v) is 6.54. The Balaban J connectivity index is 1.56. The number of halogens is 1. The SMILES string of the molecule is CN1CCC(Oc2ccc(NC(=O)c3ccc(Cl)cc3)cc2)CC1. The summed E-state index contributed by atoms with van der Waals surface area (Å²) in [5.41, 5.74) is 1.32. The Hall–Kier alpha value is -2.04. The zero-order valence-corrected chi connectivity index (χ0v) is 14.4. The minimum absolute atomic E-state index is 0.157. The van der Waals surface area contributed by atoms with Gasteiger partial charge in [0.2, 0.25) is 0 Å². The molecular weight excluding hydrogens is 324 g/mol. The Morgan fingerprint density at radius 1 is 1.08 bits per heavy atom. The van der Waals surface area contributed by atoms with Gasteiger partial charge in [-0.3, -0.25) is 4.79 Å². The van der Waals surface area contributed by atoms with E-state index in [1.807, 2.05) is 24.3 Å². The number of hydrogen-bond donors (Lipinski definition) is 1. The Labute approximate surface area is 147 Å². The van der Waals surface area contributed by atoms with Gasteiger partial charge in [-0.2, -0.15) is 0 Å². The van der Waals surface area contributed by atoms with Crippen LogP contribution in [-0.4, -0.2) is 37.0 Å². The van der Waals surface area contributed by atoms with Crippen molar-refractivity contribution in [3.8, 4) is 5.75 Å². The highest BCUT2D eigenvalue weighted by atomic mass is 35.5. The second-order valence-electron chi connectivity index (χ2n) is 6.11. The van der Waals surface area contributed by atoms with Crippen LogP contribution in [0.1, 0.15) is 23.2 Å². The van der Waals surface area contributed by atoms with E-state index in [1.165, 1.54) is 0 Å². The zero-order chi connectivity index (χ0) is 16.9. The highest BCUT2D eigenvalue weighted by molar-refractivity contribution is 6.30. The predicted molar refractivity (Wildman–Crippen MR) is 97.0 cm³/mol. The minimum atomic E-state index is -0.157. The molecule has 1 aliphatic rings. The molecule has 126 valence electrons. The molecular formula is C19H21ClN2O2. The number of anilines is 1. The molecule has 0 radical (unpaired) electrons. The van der Waals surface area contributed by atoms with Gasteiger partial charge in [0.25, 0.3) is 5.91 Å². The van der Waals surface area contributed by atoms with Crippen molar-refractivity contribution in [2.45, 2.75) is 18.9 Å². The van der Waals surface area contributed by atoms with Gasteiger partial charge in [0, 0.05) is 29.4 Å². The lowest BCUT2D eigenvalue weighted by atomic mass is 10.1. The van der Waals surface area contributed by atoms with Crippen molar-refractivity contribution >= 4 is 23.2 Å². The van der Waals surface area contributed by atoms with E-state index in [0.29, 0.717) is 10.6 Å². The smallest absolute Gasteiger partial charge is 0.255 e. The Kier molecular flexibility index (Phi) is 5.38. The maximum Gasteiger partial charge on any atom is 0.255 e. The van der Waals surface area contributed by atoms with Crippen molar-refractivity contribution in [3.63, 3.8) is 0 Å². The number of amides is 1. The van der Waals surface area contributed by atoms with E-state index in [0.717, 1.165) is 37.4 Å². The second kappa shape index (κ2) is 7.69. The van der Waals surface area contributed by atoms with Gasteiger partial charge in [-0.15, -0.1) is 0 Å². The molecule has 1 fully saturated rings. The summed E-state index contributed by atoms with van der Waals surface area (Å²) in [7, 11) is 2.13. The monoisotopic (exact) mass is 344 g/mol. The molecule has 0 atom stereocenters. The van der Waals surface area contributed by atoms with Crippen LogP contribution < -0.4 is 10.1 Å². The van der Waals surface area contributed by atoms with Crippen LogP contribution in [0.2, 0.25) is 5.02 Å². The summed E-state index contributed by atoms with van der Waals surface area (Å²) >= 11 is 5.83. The van der Waals surface area contributed by atoms with E-state index < -0.39 is 0 Å². The molecule has 0 bridgehead atoms. The number of nitrogens with one attached hydrogen (secondary N) is 1. The first kappa shape index (κ1) is 16.8. The summed E-state index contributed by atoms with van der Waals surface area (Å²) in [6.45, 7) is 2.14. The number of hydrogen-bond acceptors (Lipinski definition) is 3. The zero-order valence-electron chi connectivity index (χ0n) is 13.7. The molecule has 0 aromatic heterocycles. The van der Waals surface area contributed by atoms with Crippen molar-refractivity contribution in [2.75, 3.05) is 25.5 Å². The highest BCUT2D eigenvalue weighted by Gasteiger charge is 2.17. The van der Waals surface area contributed by atoms with Crippen LogP contribution in [0.3, 0.4) is 0 Å². The molecule has 1 amide bonds. The fraction of sp³-hybridized carbons (Fsp3) is 0.316. The average Bonchev–Trinajstić information content (AvgIpc) is 2.59.